The molecule has 2 amide bonds. The lowest BCUT2D eigenvalue weighted by molar-refractivity contribution is 0.252. The monoisotopic (exact) mass is 360 g/mol. The fourth-order valence-corrected chi connectivity index (χ4v) is 3.45. The van der Waals surface area contributed by atoms with Crippen molar-refractivity contribution in [3.8, 4) is 0 Å². The van der Waals surface area contributed by atoms with Crippen molar-refractivity contribution in [3.05, 3.63) is 84.9 Å². The summed E-state index contributed by atoms with van der Waals surface area (Å²) in [7, 11) is 0. The van der Waals surface area contributed by atoms with Gasteiger partial charge in [-0.05, 0) is 36.4 Å². The molecule has 0 bridgehead atoms. The fourth-order valence-electron chi connectivity index (χ4n) is 2.58. The van der Waals surface area contributed by atoms with E-state index in [0.29, 0.717) is 5.13 Å². The Morgan fingerprint density at radius 1 is 0.808 bits per heavy atom. The van der Waals surface area contributed by atoms with Crippen molar-refractivity contribution in [2.45, 2.75) is 0 Å². The molecule has 6 heteroatoms. The molecule has 0 aliphatic carbocycles. The maximum absolute atomic E-state index is 12.5. The molecule has 1 aromatic heterocycles. The lowest BCUT2D eigenvalue weighted by Gasteiger charge is -2.25. The molecule has 0 saturated carbocycles. The number of nitrogens with one attached hydrogen (secondary N) is 2. The number of amides is 2. The summed E-state index contributed by atoms with van der Waals surface area (Å²) in [5.41, 5.74) is 5.48. The molecule has 0 radical (unpaired) electrons. The van der Waals surface area contributed by atoms with E-state index in [2.05, 4.69) is 15.7 Å². The summed E-state index contributed by atoms with van der Waals surface area (Å²) in [6.07, 6.45) is 0. The second-order valence-electron chi connectivity index (χ2n) is 5.56. The molecule has 3 aromatic carbocycles. The van der Waals surface area contributed by atoms with Crippen molar-refractivity contribution < 1.29 is 4.79 Å². The number of anilines is 3. The van der Waals surface area contributed by atoms with Gasteiger partial charge in [-0.3, -0.25) is 10.3 Å². The topological polar surface area (TPSA) is 57.3 Å². The number of hydrogen-bond donors (Lipinski definition) is 2. The lowest BCUT2D eigenvalue weighted by Crippen LogP contribution is -2.41. The minimum atomic E-state index is -0.350. The zero-order valence-corrected chi connectivity index (χ0v) is 14.6. The zero-order chi connectivity index (χ0) is 17.8. The Morgan fingerprint density at radius 2 is 1.38 bits per heavy atom. The smallest absolute Gasteiger partial charge is 0.282 e. The van der Waals surface area contributed by atoms with Crippen LogP contribution in [-0.2, 0) is 0 Å². The molecule has 5 nitrogen and oxygen atoms in total. The van der Waals surface area contributed by atoms with Crippen LogP contribution in [0.3, 0.4) is 0 Å². The average Bonchev–Trinajstić information content (AvgIpc) is 3.09. The largest absolute Gasteiger partial charge is 0.340 e. The van der Waals surface area contributed by atoms with Gasteiger partial charge >= 0.3 is 6.03 Å². The summed E-state index contributed by atoms with van der Waals surface area (Å²) in [5, 5.41) is 5.12. The van der Waals surface area contributed by atoms with E-state index in [0.717, 1.165) is 21.6 Å². The number of hydrazine groups is 1. The molecule has 0 spiro atoms. The van der Waals surface area contributed by atoms with Gasteiger partial charge in [-0.15, -0.1) is 0 Å². The molecular formula is C20H16N4OS. The molecule has 128 valence electrons. The Balaban J connectivity index is 1.56. The van der Waals surface area contributed by atoms with Crippen LogP contribution in [0.5, 0.6) is 0 Å². The molecule has 26 heavy (non-hydrogen) atoms. The Bertz CT molecular complexity index is 945. The maximum atomic E-state index is 12.5. The third-order valence-corrected chi connectivity index (χ3v) is 4.71. The van der Waals surface area contributed by atoms with Crippen LogP contribution in [0, 0.1) is 0 Å². The van der Waals surface area contributed by atoms with E-state index in [4.69, 9.17) is 0 Å². The van der Waals surface area contributed by atoms with Gasteiger partial charge in [0, 0.05) is 0 Å². The van der Waals surface area contributed by atoms with Crippen LogP contribution in [0.1, 0.15) is 0 Å². The van der Waals surface area contributed by atoms with Crippen molar-refractivity contribution in [3.63, 3.8) is 0 Å². The Kier molecular flexibility index (Phi) is 4.49. The molecule has 4 aromatic rings. The van der Waals surface area contributed by atoms with Crippen LogP contribution in [0.25, 0.3) is 10.2 Å². The van der Waals surface area contributed by atoms with Crippen LogP contribution in [0.2, 0.25) is 0 Å². The summed E-state index contributed by atoms with van der Waals surface area (Å²) in [4.78, 5) is 17.0. The summed E-state index contributed by atoms with van der Waals surface area (Å²) < 4.78 is 1.03. The molecule has 1 heterocycles. The van der Waals surface area contributed by atoms with E-state index in [1.54, 1.807) is 5.01 Å². The van der Waals surface area contributed by atoms with Crippen molar-refractivity contribution >= 4 is 44.1 Å². The number of urea groups is 1. The van der Waals surface area contributed by atoms with Gasteiger partial charge < -0.3 is 0 Å². The van der Waals surface area contributed by atoms with Gasteiger partial charge in [0.15, 0.2) is 5.13 Å². The molecule has 0 fully saturated rings. The third-order valence-electron chi connectivity index (χ3n) is 3.76. The number of rotatable bonds is 4. The van der Waals surface area contributed by atoms with Crippen LogP contribution >= 0.6 is 11.3 Å². The number of hydrogen-bond acceptors (Lipinski definition) is 4. The summed E-state index contributed by atoms with van der Waals surface area (Å²) in [5.74, 6) is 0. The first kappa shape index (κ1) is 16.1. The van der Waals surface area contributed by atoms with Crippen molar-refractivity contribution in [2.75, 3.05) is 10.3 Å². The minimum Gasteiger partial charge on any atom is -0.282 e. The number of carbonyl (C=O) groups excluding carboxylic acids is 1. The van der Waals surface area contributed by atoms with E-state index in [1.165, 1.54) is 11.3 Å². The number of thiazole rings is 1. The molecule has 0 aliphatic heterocycles. The van der Waals surface area contributed by atoms with E-state index in [1.807, 2.05) is 84.9 Å². The van der Waals surface area contributed by atoms with Crippen LogP contribution in [0.4, 0.5) is 21.3 Å². The second-order valence-corrected chi connectivity index (χ2v) is 6.59. The van der Waals surface area contributed by atoms with E-state index >= 15 is 0 Å². The molecule has 0 saturated heterocycles. The first-order valence-electron chi connectivity index (χ1n) is 8.13. The van der Waals surface area contributed by atoms with E-state index in [9.17, 15) is 4.79 Å². The highest BCUT2D eigenvalue weighted by atomic mass is 32.1. The first-order chi connectivity index (χ1) is 12.8. The maximum Gasteiger partial charge on any atom is 0.340 e. The van der Waals surface area contributed by atoms with Crippen molar-refractivity contribution in [2.24, 2.45) is 0 Å². The number of para-hydroxylation sites is 3. The number of nitrogens with zero attached hydrogens (tertiary/aromatic N) is 2. The summed E-state index contributed by atoms with van der Waals surface area (Å²) in [6.45, 7) is 0. The highest BCUT2D eigenvalue weighted by Gasteiger charge is 2.14. The van der Waals surface area contributed by atoms with E-state index in [-0.39, 0.29) is 6.03 Å². The van der Waals surface area contributed by atoms with Gasteiger partial charge in [-0.25, -0.2) is 15.2 Å². The van der Waals surface area contributed by atoms with Gasteiger partial charge in [-0.2, -0.15) is 0 Å². The number of benzene rings is 3. The molecule has 0 atom stereocenters. The number of fused-ring (bicyclic) bond motifs is 1. The highest BCUT2D eigenvalue weighted by Crippen LogP contribution is 2.26. The van der Waals surface area contributed by atoms with Crippen molar-refractivity contribution in [1.29, 1.82) is 0 Å². The molecule has 0 aliphatic rings. The average molecular weight is 360 g/mol. The standard InChI is InChI=1S/C20H16N4OS/c25-19(22-20-21-17-13-7-8-14-18(17)26-20)23-24(15-9-3-1-4-10-15)16-11-5-2-6-12-16/h1-14H,(H2,21,22,23,25). The second kappa shape index (κ2) is 7.25. The number of aromatic nitrogens is 1. The van der Waals surface area contributed by atoms with Gasteiger partial charge in [0.2, 0.25) is 0 Å². The van der Waals surface area contributed by atoms with Crippen LogP contribution < -0.4 is 15.8 Å². The highest BCUT2D eigenvalue weighted by molar-refractivity contribution is 7.22. The molecule has 2 N–H and O–H groups in total. The summed E-state index contributed by atoms with van der Waals surface area (Å²) >= 11 is 1.44. The third kappa shape index (κ3) is 3.50. The van der Waals surface area contributed by atoms with Crippen LogP contribution in [-0.4, -0.2) is 11.0 Å². The predicted octanol–water partition coefficient (Wildman–Crippen LogP) is 5.17. The normalized spacial score (nSPS) is 10.5. The van der Waals surface area contributed by atoms with Gasteiger partial charge in [0.05, 0.1) is 21.6 Å². The van der Waals surface area contributed by atoms with Gasteiger partial charge in [0.1, 0.15) is 0 Å². The number of carbonyl (C=O) groups is 1. The molecular weight excluding hydrogens is 344 g/mol. The lowest BCUT2D eigenvalue weighted by atomic mass is 10.2. The first-order valence-corrected chi connectivity index (χ1v) is 8.95. The SMILES string of the molecule is O=C(Nc1nc2ccccc2s1)NN(c1ccccc1)c1ccccc1. The van der Waals surface area contributed by atoms with Gasteiger partial charge in [0.25, 0.3) is 0 Å². The minimum absolute atomic E-state index is 0.350. The zero-order valence-electron chi connectivity index (χ0n) is 13.8. The van der Waals surface area contributed by atoms with Gasteiger partial charge in [-0.1, -0.05) is 59.9 Å². The predicted molar refractivity (Wildman–Crippen MR) is 107 cm³/mol. The Hall–Kier alpha value is -3.38. The Morgan fingerprint density at radius 3 is 2.00 bits per heavy atom. The van der Waals surface area contributed by atoms with E-state index < -0.39 is 0 Å². The quantitative estimate of drug-likeness (QED) is 0.494. The Labute approximate surface area is 154 Å². The van der Waals surface area contributed by atoms with Crippen LogP contribution in [0.15, 0.2) is 84.9 Å². The molecule has 0 unspecified atom stereocenters. The van der Waals surface area contributed by atoms with Crippen molar-refractivity contribution in [1.82, 2.24) is 10.4 Å². The fraction of sp³-hybridized carbons (Fsp3) is 0. The molecule has 4 rings (SSSR count). The summed E-state index contributed by atoms with van der Waals surface area (Å²) in [6, 6.07) is 26.8.